The summed E-state index contributed by atoms with van der Waals surface area (Å²) in [5.74, 6) is 0.663. The van der Waals surface area contributed by atoms with Crippen LogP contribution in [-0.2, 0) is 20.1 Å². The van der Waals surface area contributed by atoms with Gasteiger partial charge in [-0.05, 0) is 98.1 Å². The summed E-state index contributed by atoms with van der Waals surface area (Å²) in [6.07, 6.45) is 2.50. The minimum absolute atomic E-state index is 0.0153. The Labute approximate surface area is 214 Å². The van der Waals surface area contributed by atoms with Gasteiger partial charge in [0.25, 0.3) is 0 Å². The Morgan fingerprint density at radius 1 is 0.743 bits per heavy atom. The van der Waals surface area contributed by atoms with Crippen molar-refractivity contribution >= 4 is 24.0 Å². The van der Waals surface area contributed by atoms with Crippen molar-refractivity contribution in [2.45, 2.75) is 117 Å². The maximum atomic E-state index is 6.49. The molecule has 1 unspecified atom stereocenters. The Balaban J connectivity index is 1.82. The zero-order chi connectivity index (χ0) is 26.0. The Bertz CT molecular complexity index is 1040. The lowest BCUT2D eigenvalue weighted by Gasteiger charge is -2.45. The highest BCUT2D eigenvalue weighted by Gasteiger charge is 2.52. The molecule has 1 heterocycles. The molecule has 0 spiro atoms. The van der Waals surface area contributed by atoms with Crippen molar-refractivity contribution in [1.29, 1.82) is 0 Å². The van der Waals surface area contributed by atoms with Gasteiger partial charge < -0.3 is 14.2 Å². The molecule has 0 amide bonds. The molecule has 0 radical (unpaired) electrons. The minimum atomic E-state index is -0.370. The highest BCUT2D eigenvalue weighted by Crippen LogP contribution is 2.42. The van der Waals surface area contributed by atoms with Crippen molar-refractivity contribution in [3.63, 3.8) is 0 Å². The molecular weight excluding hydrogens is 429 g/mol. The van der Waals surface area contributed by atoms with Crippen molar-refractivity contribution < 1.29 is 9.31 Å². The van der Waals surface area contributed by atoms with Gasteiger partial charge in [-0.15, -0.1) is 0 Å². The van der Waals surface area contributed by atoms with Gasteiger partial charge in [0, 0.05) is 17.4 Å². The summed E-state index contributed by atoms with van der Waals surface area (Å²) in [5.41, 5.74) is 5.72. The van der Waals surface area contributed by atoms with E-state index in [1.165, 1.54) is 35.3 Å². The van der Waals surface area contributed by atoms with Crippen molar-refractivity contribution in [3.8, 4) is 0 Å². The van der Waals surface area contributed by atoms with E-state index in [0.717, 1.165) is 5.46 Å². The van der Waals surface area contributed by atoms with E-state index in [1.54, 1.807) is 0 Å². The smallest absolute Gasteiger partial charge is 0.399 e. The van der Waals surface area contributed by atoms with E-state index in [9.17, 15) is 0 Å². The van der Waals surface area contributed by atoms with Gasteiger partial charge in [0.2, 0.25) is 0 Å². The summed E-state index contributed by atoms with van der Waals surface area (Å²) in [4.78, 5) is 2.57. The average molecular weight is 476 g/mol. The number of benzene rings is 2. The number of rotatable bonds is 4. The molecule has 0 N–H and O–H groups in total. The maximum Gasteiger partial charge on any atom is 0.494 e. The molecule has 0 aromatic heterocycles. The SMILES string of the molecule is C[C@@H]1CCC1N(c1ccc(C(C)(C)C)cc1)c1cc(B2OC(C)(C)C(C)(C)O2)cc(C(C)(C)C)c1. The molecule has 1 aliphatic carbocycles. The molecule has 4 rings (SSSR count). The second kappa shape index (κ2) is 8.66. The highest BCUT2D eigenvalue weighted by molar-refractivity contribution is 6.62. The second-order valence-corrected chi connectivity index (χ2v) is 13.9. The maximum absolute atomic E-state index is 6.49. The summed E-state index contributed by atoms with van der Waals surface area (Å²) < 4.78 is 13.0. The quantitative estimate of drug-likeness (QED) is 0.427. The van der Waals surface area contributed by atoms with Crippen LogP contribution in [0.4, 0.5) is 11.4 Å². The van der Waals surface area contributed by atoms with Gasteiger partial charge in [-0.25, -0.2) is 0 Å². The molecule has 1 saturated carbocycles. The van der Waals surface area contributed by atoms with Crippen molar-refractivity contribution in [2.24, 2.45) is 5.92 Å². The lowest BCUT2D eigenvalue weighted by atomic mass is 9.74. The molecule has 4 heteroatoms. The number of anilines is 2. The molecule has 2 aromatic rings. The Kier molecular flexibility index (Phi) is 6.51. The van der Waals surface area contributed by atoms with Gasteiger partial charge in [0.1, 0.15) is 0 Å². The van der Waals surface area contributed by atoms with E-state index in [2.05, 4.69) is 124 Å². The number of hydrogen-bond acceptors (Lipinski definition) is 3. The van der Waals surface area contributed by atoms with Gasteiger partial charge >= 0.3 is 7.12 Å². The van der Waals surface area contributed by atoms with Crippen LogP contribution in [0, 0.1) is 5.92 Å². The van der Waals surface area contributed by atoms with Gasteiger partial charge in [-0.3, -0.25) is 0 Å². The first-order chi connectivity index (χ1) is 16.0. The van der Waals surface area contributed by atoms with Crippen LogP contribution in [0.15, 0.2) is 42.5 Å². The third kappa shape index (κ3) is 5.07. The van der Waals surface area contributed by atoms with Crippen LogP contribution >= 0.6 is 0 Å². The van der Waals surface area contributed by atoms with Crippen LogP contribution in [0.2, 0.25) is 0 Å². The van der Waals surface area contributed by atoms with Crippen LogP contribution in [0.5, 0.6) is 0 Å². The first-order valence-corrected chi connectivity index (χ1v) is 13.4. The predicted molar refractivity (Wildman–Crippen MR) is 150 cm³/mol. The van der Waals surface area contributed by atoms with E-state index in [0.29, 0.717) is 12.0 Å². The van der Waals surface area contributed by atoms with Gasteiger partial charge in [0.15, 0.2) is 0 Å². The van der Waals surface area contributed by atoms with Crippen LogP contribution in [0.1, 0.15) is 100 Å². The van der Waals surface area contributed by atoms with Crippen molar-refractivity contribution in [2.75, 3.05) is 4.90 Å². The summed E-state index contributed by atoms with van der Waals surface area (Å²) in [6, 6.07) is 16.7. The predicted octanol–water partition coefficient (Wildman–Crippen LogP) is 7.52. The van der Waals surface area contributed by atoms with Crippen LogP contribution in [-0.4, -0.2) is 24.4 Å². The highest BCUT2D eigenvalue weighted by atomic mass is 16.7. The number of hydrogen-bond donors (Lipinski definition) is 0. The molecule has 2 fully saturated rings. The van der Waals surface area contributed by atoms with E-state index >= 15 is 0 Å². The molecule has 190 valence electrons. The third-order valence-corrected chi connectivity index (χ3v) is 8.53. The molecule has 2 aromatic carbocycles. The Hall–Kier alpha value is -1.78. The van der Waals surface area contributed by atoms with Crippen LogP contribution < -0.4 is 10.4 Å². The van der Waals surface area contributed by atoms with Crippen LogP contribution in [0.25, 0.3) is 0 Å². The van der Waals surface area contributed by atoms with Gasteiger partial charge in [0.05, 0.1) is 11.2 Å². The fourth-order valence-electron chi connectivity index (χ4n) is 5.01. The molecule has 1 aliphatic heterocycles. The van der Waals surface area contributed by atoms with E-state index in [-0.39, 0.29) is 29.2 Å². The number of nitrogens with zero attached hydrogens (tertiary/aromatic N) is 1. The lowest BCUT2D eigenvalue weighted by Crippen LogP contribution is -2.44. The Morgan fingerprint density at radius 2 is 1.29 bits per heavy atom. The monoisotopic (exact) mass is 475 g/mol. The molecule has 2 aliphatic rings. The average Bonchev–Trinajstić information content (AvgIpc) is 2.96. The van der Waals surface area contributed by atoms with Crippen LogP contribution in [0.3, 0.4) is 0 Å². The molecule has 3 nitrogen and oxygen atoms in total. The molecule has 0 bridgehead atoms. The summed E-state index contributed by atoms with van der Waals surface area (Å²) >= 11 is 0. The lowest BCUT2D eigenvalue weighted by molar-refractivity contribution is 0.00578. The molecule has 35 heavy (non-hydrogen) atoms. The molecular formula is C31H46BNO2. The second-order valence-electron chi connectivity index (χ2n) is 13.9. The fraction of sp³-hybridized carbons (Fsp3) is 0.613. The topological polar surface area (TPSA) is 21.7 Å². The molecule has 2 atom stereocenters. The third-order valence-electron chi connectivity index (χ3n) is 8.53. The summed E-state index contributed by atoms with van der Waals surface area (Å²) in [6.45, 7) is 24.6. The zero-order valence-corrected chi connectivity index (χ0v) is 24.0. The molecule has 1 saturated heterocycles. The fourth-order valence-corrected chi connectivity index (χ4v) is 5.01. The Morgan fingerprint density at radius 3 is 1.71 bits per heavy atom. The van der Waals surface area contributed by atoms with E-state index < -0.39 is 0 Å². The van der Waals surface area contributed by atoms with Crippen molar-refractivity contribution in [3.05, 3.63) is 53.6 Å². The minimum Gasteiger partial charge on any atom is -0.399 e. The zero-order valence-electron chi connectivity index (χ0n) is 24.0. The van der Waals surface area contributed by atoms with E-state index in [4.69, 9.17) is 9.31 Å². The largest absolute Gasteiger partial charge is 0.494 e. The normalized spacial score (nSPS) is 23.8. The van der Waals surface area contributed by atoms with E-state index in [1.807, 2.05) is 0 Å². The summed E-state index contributed by atoms with van der Waals surface area (Å²) in [7, 11) is -0.370. The standard InChI is InChI=1S/C31H46BNO2/c1-21-12-17-27(21)33(25-15-13-22(14-16-25)28(2,3)4)26-19-23(29(5,6)7)18-24(20-26)32-34-30(8,9)31(10,11)35-32/h13-16,18-21,27H,12,17H2,1-11H3/t21-,27?/m1/s1. The summed E-state index contributed by atoms with van der Waals surface area (Å²) in [5, 5.41) is 0. The first kappa shape index (κ1) is 26.3. The van der Waals surface area contributed by atoms with Gasteiger partial charge in [-0.2, -0.15) is 0 Å². The first-order valence-electron chi connectivity index (χ1n) is 13.4. The van der Waals surface area contributed by atoms with Gasteiger partial charge in [-0.1, -0.05) is 66.7 Å². The van der Waals surface area contributed by atoms with Crippen molar-refractivity contribution in [1.82, 2.24) is 0 Å².